The number of aromatic nitrogens is 4. The lowest BCUT2D eigenvalue weighted by Gasteiger charge is -2.31. The summed E-state index contributed by atoms with van der Waals surface area (Å²) in [5.74, 6) is -0.214. The average Bonchev–Trinajstić information content (AvgIpc) is 2.85. The van der Waals surface area contributed by atoms with Gasteiger partial charge in [-0.2, -0.15) is 5.10 Å². The molecule has 5 rings (SSSR count). The van der Waals surface area contributed by atoms with Gasteiger partial charge in [0.2, 0.25) is 0 Å². The molecule has 0 saturated carbocycles. The minimum atomic E-state index is -0.317. The van der Waals surface area contributed by atoms with Gasteiger partial charge in [0, 0.05) is 31.3 Å². The molecule has 0 unspecified atom stereocenters. The first-order valence-electron chi connectivity index (χ1n) is 10.9. The zero-order valence-corrected chi connectivity index (χ0v) is 17.9. The molecule has 0 N–H and O–H groups in total. The molecule has 2 aromatic carbocycles. The number of para-hydroxylation sites is 2. The van der Waals surface area contributed by atoms with Crippen molar-refractivity contribution in [3.63, 3.8) is 0 Å². The second kappa shape index (κ2) is 8.90. The molecule has 1 fully saturated rings. The molecule has 0 spiro atoms. The number of rotatable bonds is 4. The highest BCUT2D eigenvalue weighted by molar-refractivity contribution is 5.93. The van der Waals surface area contributed by atoms with E-state index in [4.69, 9.17) is 0 Å². The van der Waals surface area contributed by atoms with Crippen LogP contribution >= 0.6 is 0 Å². The number of carbonyl (C=O) groups is 1. The van der Waals surface area contributed by atoms with Gasteiger partial charge in [0.1, 0.15) is 11.5 Å². The number of carbonyl (C=O) groups excluding carboxylic acids is 1. The van der Waals surface area contributed by atoms with Gasteiger partial charge >= 0.3 is 0 Å². The van der Waals surface area contributed by atoms with Crippen molar-refractivity contribution in [2.45, 2.75) is 19.4 Å². The lowest BCUT2D eigenvalue weighted by atomic mass is 9.96. The Balaban J connectivity index is 1.25. The number of piperidine rings is 1. The number of halogens is 1. The Labute approximate surface area is 189 Å². The fourth-order valence-electron chi connectivity index (χ4n) is 4.14. The molecule has 0 bridgehead atoms. The van der Waals surface area contributed by atoms with Crippen LogP contribution in [0.15, 0.2) is 71.7 Å². The highest BCUT2D eigenvalue weighted by Gasteiger charge is 2.25. The zero-order chi connectivity index (χ0) is 22.8. The number of hydrogen-bond donors (Lipinski definition) is 0. The van der Waals surface area contributed by atoms with Crippen LogP contribution in [-0.2, 0) is 6.54 Å². The standard InChI is InChI=1S/C25H22FN5O2/c26-19-7-5-18(6-8-19)20-9-10-24(32)31(29-20)16-17-11-13-30(14-12-17)25(33)23-15-27-21-3-1-2-4-22(21)28-23/h1-10,15,17H,11-14,16H2. The van der Waals surface area contributed by atoms with Crippen LogP contribution in [0.3, 0.4) is 0 Å². The van der Waals surface area contributed by atoms with Crippen LogP contribution in [0.25, 0.3) is 22.3 Å². The monoisotopic (exact) mass is 443 g/mol. The summed E-state index contributed by atoms with van der Waals surface area (Å²) in [6, 6.07) is 16.6. The molecular formula is C25H22FN5O2. The van der Waals surface area contributed by atoms with E-state index in [-0.39, 0.29) is 23.2 Å². The summed E-state index contributed by atoms with van der Waals surface area (Å²) >= 11 is 0. The molecule has 0 radical (unpaired) electrons. The van der Waals surface area contributed by atoms with E-state index in [1.807, 2.05) is 24.3 Å². The van der Waals surface area contributed by atoms with Gasteiger partial charge in [0.15, 0.2) is 0 Å². The highest BCUT2D eigenvalue weighted by Crippen LogP contribution is 2.21. The minimum absolute atomic E-state index is 0.125. The van der Waals surface area contributed by atoms with Crippen molar-refractivity contribution in [2.24, 2.45) is 5.92 Å². The maximum atomic E-state index is 13.2. The maximum Gasteiger partial charge on any atom is 0.274 e. The van der Waals surface area contributed by atoms with Crippen molar-refractivity contribution in [3.8, 4) is 11.3 Å². The summed E-state index contributed by atoms with van der Waals surface area (Å²) in [6.45, 7) is 1.65. The predicted octanol–water partition coefficient (Wildman–Crippen LogP) is 3.55. The number of amides is 1. The molecular weight excluding hydrogens is 421 g/mol. The van der Waals surface area contributed by atoms with Crippen molar-refractivity contribution in [2.75, 3.05) is 13.1 Å². The van der Waals surface area contributed by atoms with Crippen molar-refractivity contribution >= 4 is 16.9 Å². The molecule has 1 saturated heterocycles. The van der Waals surface area contributed by atoms with Gasteiger partial charge in [-0.25, -0.2) is 14.1 Å². The minimum Gasteiger partial charge on any atom is -0.337 e. The number of benzene rings is 2. The quantitative estimate of drug-likeness (QED) is 0.482. The van der Waals surface area contributed by atoms with E-state index in [1.54, 1.807) is 23.1 Å². The normalized spacial score (nSPS) is 14.5. The van der Waals surface area contributed by atoms with E-state index in [0.29, 0.717) is 36.5 Å². The van der Waals surface area contributed by atoms with E-state index < -0.39 is 0 Å². The van der Waals surface area contributed by atoms with Gasteiger partial charge in [-0.05, 0) is 61.2 Å². The summed E-state index contributed by atoms with van der Waals surface area (Å²) in [4.78, 5) is 35.9. The van der Waals surface area contributed by atoms with Crippen molar-refractivity contribution in [3.05, 3.63) is 88.7 Å². The number of fused-ring (bicyclic) bond motifs is 1. The summed E-state index contributed by atoms with van der Waals surface area (Å²) < 4.78 is 14.7. The highest BCUT2D eigenvalue weighted by atomic mass is 19.1. The summed E-state index contributed by atoms with van der Waals surface area (Å²) in [5, 5.41) is 4.48. The van der Waals surface area contributed by atoms with Crippen LogP contribution in [0.4, 0.5) is 4.39 Å². The smallest absolute Gasteiger partial charge is 0.274 e. The molecule has 1 aliphatic rings. The van der Waals surface area contributed by atoms with Gasteiger partial charge in [-0.3, -0.25) is 14.6 Å². The average molecular weight is 443 g/mol. The Kier molecular flexibility index (Phi) is 5.64. The van der Waals surface area contributed by atoms with E-state index in [9.17, 15) is 14.0 Å². The molecule has 1 aliphatic heterocycles. The second-order valence-corrected chi connectivity index (χ2v) is 8.23. The van der Waals surface area contributed by atoms with Crippen LogP contribution in [0.5, 0.6) is 0 Å². The first-order valence-corrected chi connectivity index (χ1v) is 10.9. The topological polar surface area (TPSA) is 81.0 Å². The SMILES string of the molecule is O=C(c1cnc2ccccc2n1)N1CCC(Cn2nc(-c3ccc(F)cc3)ccc2=O)CC1. The Morgan fingerprint density at radius 3 is 2.45 bits per heavy atom. The fourth-order valence-corrected chi connectivity index (χ4v) is 4.14. The Bertz CT molecular complexity index is 1360. The van der Waals surface area contributed by atoms with Crippen molar-refractivity contribution < 1.29 is 9.18 Å². The molecule has 7 nitrogen and oxygen atoms in total. The Hall–Kier alpha value is -3.94. The second-order valence-electron chi connectivity index (χ2n) is 8.23. The predicted molar refractivity (Wildman–Crippen MR) is 122 cm³/mol. The Morgan fingerprint density at radius 2 is 1.70 bits per heavy atom. The molecule has 1 amide bonds. The summed E-state index contributed by atoms with van der Waals surface area (Å²) in [7, 11) is 0. The molecule has 4 aromatic rings. The molecule has 3 heterocycles. The van der Waals surface area contributed by atoms with Crippen LogP contribution in [0.1, 0.15) is 23.3 Å². The summed E-state index contributed by atoms with van der Waals surface area (Å²) in [6.07, 6.45) is 3.06. The number of likely N-dealkylation sites (tertiary alicyclic amines) is 1. The van der Waals surface area contributed by atoms with Gasteiger partial charge < -0.3 is 4.90 Å². The first kappa shape index (κ1) is 20.9. The lowest BCUT2D eigenvalue weighted by Crippen LogP contribution is -2.40. The molecule has 2 aromatic heterocycles. The Morgan fingerprint density at radius 1 is 0.970 bits per heavy atom. The number of hydrogen-bond acceptors (Lipinski definition) is 5. The largest absolute Gasteiger partial charge is 0.337 e. The fraction of sp³-hybridized carbons (Fsp3) is 0.240. The van der Waals surface area contributed by atoms with Crippen molar-refractivity contribution in [1.82, 2.24) is 24.6 Å². The molecule has 0 aliphatic carbocycles. The van der Waals surface area contributed by atoms with Gasteiger partial charge in [0.05, 0.1) is 22.9 Å². The van der Waals surface area contributed by atoms with Gasteiger partial charge in [-0.15, -0.1) is 0 Å². The third kappa shape index (κ3) is 4.50. The van der Waals surface area contributed by atoms with Crippen LogP contribution in [0.2, 0.25) is 0 Å². The third-order valence-corrected chi connectivity index (χ3v) is 6.01. The van der Waals surface area contributed by atoms with E-state index >= 15 is 0 Å². The van der Waals surface area contributed by atoms with Gasteiger partial charge in [-0.1, -0.05) is 12.1 Å². The van der Waals surface area contributed by atoms with Gasteiger partial charge in [0.25, 0.3) is 11.5 Å². The lowest BCUT2D eigenvalue weighted by molar-refractivity contribution is 0.0674. The summed E-state index contributed by atoms with van der Waals surface area (Å²) in [5.41, 5.74) is 3.00. The van der Waals surface area contributed by atoms with Crippen molar-refractivity contribution in [1.29, 1.82) is 0 Å². The van der Waals surface area contributed by atoms with E-state index in [0.717, 1.165) is 23.9 Å². The third-order valence-electron chi connectivity index (χ3n) is 6.01. The van der Waals surface area contributed by atoms with Crippen LogP contribution in [-0.4, -0.2) is 43.6 Å². The van der Waals surface area contributed by atoms with E-state index in [1.165, 1.54) is 29.1 Å². The molecule has 8 heteroatoms. The number of nitrogens with zero attached hydrogens (tertiary/aromatic N) is 5. The van der Waals surface area contributed by atoms with Crippen LogP contribution < -0.4 is 5.56 Å². The van der Waals surface area contributed by atoms with E-state index in [2.05, 4.69) is 15.1 Å². The molecule has 166 valence electrons. The molecule has 0 atom stereocenters. The first-order chi connectivity index (χ1) is 16.1. The van der Waals surface area contributed by atoms with Crippen LogP contribution in [0, 0.1) is 11.7 Å². The maximum absolute atomic E-state index is 13.2. The zero-order valence-electron chi connectivity index (χ0n) is 17.9. The molecule has 33 heavy (non-hydrogen) atoms.